The lowest BCUT2D eigenvalue weighted by Gasteiger charge is -2.52. The Bertz CT molecular complexity index is 2620. The highest BCUT2D eigenvalue weighted by Gasteiger charge is 2.61. The van der Waals surface area contributed by atoms with Crippen molar-refractivity contribution in [1.82, 2.24) is 0 Å². The van der Waals surface area contributed by atoms with Gasteiger partial charge in [0.1, 0.15) is 0 Å². The third-order valence-corrected chi connectivity index (χ3v) is 15.6. The fourth-order valence-corrected chi connectivity index (χ4v) is 13.0. The van der Waals surface area contributed by atoms with Crippen LogP contribution in [0, 0.1) is 6.92 Å². The largest absolute Gasteiger partial charge is 0.335 e. The van der Waals surface area contributed by atoms with Gasteiger partial charge in [-0.15, -0.1) is 22.7 Å². The quantitative estimate of drug-likeness (QED) is 0.159. The van der Waals surface area contributed by atoms with Gasteiger partial charge in [0.05, 0.1) is 21.6 Å². The van der Waals surface area contributed by atoms with E-state index in [1.165, 1.54) is 111 Å². The van der Waals surface area contributed by atoms with Gasteiger partial charge in [0.2, 0.25) is 0 Å². The SMILES string of the molecule is Cc1cc2c3c(c1)N1c4c(cccc4C4(C)CCCCC14C)B3c1sc3ccc(C(C)(C)C)cc3c1N2c1cccc2c1sc1ccccc12. The number of thiophene rings is 2. The van der Waals surface area contributed by atoms with E-state index < -0.39 is 0 Å². The molecule has 5 heteroatoms. The lowest BCUT2D eigenvalue weighted by atomic mass is 9.36. The molecule has 3 aliphatic heterocycles. The van der Waals surface area contributed by atoms with Crippen molar-refractivity contribution in [1.29, 1.82) is 0 Å². The first-order valence-corrected chi connectivity index (χ1v) is 20.1. The van der Waals surface area contributed by atoms with Gasteiger partial charge in [-0.1, -0.05) is 95.1 Å². The Labute approximate surface area is 303 Å². The van der Waals surface area contributed by atoms with Crippen molar-refractivity contribution >= 4 is 104 Å². The van der Waals surface area contributed by atoms with E-state index in [2.05, 4.69) is 142 Å². The number of aryl methyl sites for hydroxylation is 1. The lowest BCUT2D eigenvalue weighted by molar-refractivity contribution is 0.195. The van der Waals surface area contributed by atoms with E-state index >= 15 is 0 Å². The molecular weight excluding hydrogens is 643 g/mol. The highest BCUT2D eigenvalue weighted by molar-refractivity contribution is 7.33. The number of para-hydroxylation sites is 1. The Morgan fingerprint density at radius 3 is 2.32 bits per heavy atom. The summed E-state index contributed by atoms with van der Waals surface area (Å²) in [6, 6.07) is 35.6. The van der Waals surface area contributed by atoms with Crippen molar-refractivity contribution in [2.45, 2.75) is 83.6 Å². The number of fused-ring (bicyclic) bond motifs is 12. The van der Waals surface area contributed by atoms with Crippen LogP contribution in [0.15, 0.2) is 91.0 Å². The number of rotatable bonds is 1. The van der Waals surface area contributed by atoms with E-state index in [0.29, 0.717) is 0 Å². The maximum atomic E-state index is 2.85. The van der Waals surface area contributed by atoms with Crippen molar-refractivity contribution in [3.05, 3.63) is 108 Å². The molecule has 5 heterocycles. The molecule has 0 saturated heterocycles. The van der Waals surface area contributed by atoms with E-state index in [9.17, 15) is 0 Å². The van der Waals surface area contributed by atoms with Gasteiger partial charge < -0.3 is 9.80 Å². The summed E-state index contributed by atoms with van der Waals surface area (Å²) in [5, 5.41) is 4.08. The Morgan fingerprint density at radius 2 is 1.46 bits per heavy atom. The fraction of sp³-hybridized carbons (Fsp3) is 0.289. The van der Waals surface area contributed by atoms with Crippen molar-refractivity contribution in [2.24, 2.45) is 0 Å². The number of hydrogen-bond acceptors (Lipinski definition) is 4. The first kappa shape index (κ1) is 29.7. The van der Waals surface area contributed by atoms with Crippen LogP contribution in [-0.4, -0.2) is 12.3 Å². The van der Waals surface area contributed by atoms with Crippen molar-refractivity contribution in [3.63, 3.8) is 0 Å². The summed E-state index contributed by atoms with van der Waals surface area (Å²) in [4.78, 5) is 5.56. The van der Waals surface area contributed by atoms with Gasteiger partial charge >= 0.3 is 0 Å². The van der Waals surface area contributed by atoms with Crippen LogP contribution in [0.3, 0.4) is 0 Å². The summed E-state index contributed by atoms with van der Waals surface area (Å²) < 4.78 is 5.58. The molecule has 2 unspecified atom stereocenters. The third kappa shape index (κ3) is 3.51. The summed E-state index contributed by atoms with van der Waals surface area (Å²) in [6.45, 7) is 14.7. The third-order valence-electron chi connectivity index (χ3n) is 13.2. The average Bonchev–Trinajstić information content (AvgIpc) is 3.73. The number of anilines is 5. The predicted octanol–water partition coefficient (Wildman–Crippen LogP) is 11.2. The van der Waals surface area contributed by atoms with E-state index in [4.69, 9.17) is 0 Å². The van der Waals surface area contributed by atoms with Crippen molar-refractivity contribution in [2.75, 3.05) is 9.80 Å². The summed E-state index contributed by atoms with van der Waals surface area (Å²) >= 11 is 3.97. The normalized spacial score (nSPS) is 21.9. The monoisotopic (exact) mass is 684 g/mol. The minimum absolute atomic E-state index is 0.0363. The Hall–Kier alpha value is -4.06. The van der Waals surface area contributed by atoms with Crippen molar-refractivity contribution < 1.29 is 0 Å². The number of hydrogen-bond donors (Lipinski definition) is 0. The molecule has 246 valence electrons. The standard InChI is InChI=1S/C45H41BN2S2/c1-26-23-34-38-35(24-26)48-40-31(44(5)21-9-10-22-45(44,48)6)15-12-16-32(40)46(38)42-39(30-25-27(43(2,3)4)19-20-37(30)50-42)47(34)33-17-11-14-29-28-13-7-8-18-36(28)49-41(29)33/h7-8,11-20,23-25H,9-10,21-22H2,1-6H3. The molecule has 0 spiro atoms. The molecule has 4 aliphatic rings. The molecule has 50 heavy (non-hydrogen) atoms. The summed E-state index contributed by atoms with van der Waals surface area (Å²) in [5.41, 5.74) is 14.5. The topological polar surface area (TPSA) is 6.48 Å². The van der Waals surface area contributed by atoms with Crippen molar-refractivity contribution in [3.8, 4) is 0 Å². The summed E-state index contributed by atoms with van der Waals surface area (Å²) in [7, 11) is 0. The molecule has 11 rings (SSSR count). The smallest absolute Gasteiger partial charge is 0.264 e. The van der Waals surface area contributed by atoms with Crippen LogP contribution in [0.4, 0.5) is 28.4 Å². The maximum absolute atomic E-state index is 2.85. The molecule has 1 saturated carbocycles. The second-order valence-corrected chi connectivity index (χ2v) is 19.0. The molecule has 0 N–H and O–H groups in total. The van der Waals surface area contributed by atoms with Gasteiger partial charge in [-0.3, -0.25) is 0 Å². The minimum Gasteiger partial charge on any atom is -0.335 e. The Kier molecular flexibility index (Phi) is 5.71. The highest BCUT2D eigenvalue weighted by Crippen LogP contribution is 2.62. The summed E-state index contributed by atoms with van der Waals surface area (Å²) in [6.07, 6.45) is 5.07. The van der Waals surface area contributed by atoms with E-state index in [1.54, 1.807) is 5.56 Å². The first-order valence-electron chi connectivity index (χ1n) is 18.4. The van der Waals surface area contributed by atoms with Gasteiger partial charge in [0.15, 0.2) is 0 Å². The van der Waals surface area contributed by atoms with E-state index in [-0.39, 0.29) is 23.1 Å². The average molecular weight is 685 g/mol. The second kappa shape index (κ2) is 9.63. The highest BCUT2D eigenvalue weighted by atomic mass is 32.1. The number of nitrogens with zero attached hydrogens (tertiary/aromatic N) is 2. The van der Waals surface area contributed by atoms with Gasteiger partial charge in [-0.25, -0.2) is 0 Å². The fourth-order valence-electron chi connectivity index (χ4n) is 10.5. The molecule has 0 radical (unpaired) electrons. The van der Waals surface area contributed by atoms with E-state index in [0.717, 1.165) is 0 Å². The molecule has 7 aromatic rings. The van der Waals surface area contributed by atoms with Crippen LogP contribution < -0.4 is 25.5 Å². The maximum Gasteiger partial charge on any atom is 0.264 e. The van der Waals surface area contributed by atoms with Gasteiger partial charge in [0.25, 0.3) is 6.71 Å². The van der Waals surface area contributed by atoms with Gasteiger partial charge in [-0.2, -0.15) is 0 Å². The zero-order valence-corrected chi connectivity index (χ0v) is 31.4. The van der Waals surface area contributed by atoms with Crippen LogP contribution in [0.2, 0.25) is 0 Å². The van der Waals surface area contributed by atoms with Crippen LogP contribution in [-0.2, 0) is 10.8 Å². The molecule has 2 atom stereocenters. The predicted molar refractivity (Wildman–Crippen MR) is 220 cm³/mol. The lowest BCUT2D eigenvalue weighted by Crippen LogP contribution is -2.64. The minimum atomic E-state index is 0.0363. The van der Waals surface area contributed by atoms with Crippen LogP contribution in [0.5, 0.6) is 0 Å². The zero-order chi connectivity index (χ0) is 33.9. The molecule has 5 aromatic carbocycles. The molecule has 1 fully saturated rings. The molecular formula is C45H41BN2S2. The van der Waals surface area contributed by atoms with Crippen LogP contribution >= 0.6 is 22.7 Å². The van der Waals surface area contributed by atoms with Crippen LogP contribution in [0.1, 0.15) is 77.0 Å². The second-order valence-electron chi connectivity index (χ2n) is 16.9. The summed E-state index contributed by atoms with van der Waals surface area (Å²) in [5.74, 6) is 0. The van der Waals surface area contributed by atoms with E-state index in [1.807, 2.05) is 22.7 Å². The zero-order valence-electron chi connectivity index (χ0n) is 29.8. The Balaban J connectivity index is 1.30. The molecule has 0 bridgehead atoms. The van der Waals surface area contributed by atoms with Gasteiger partial charge in [0, 0.05) is 52.8 Å². The van der Waals surface area contributed by atoms with Crippen LogP contribution in [0.25, 0.3) is 30.3 Å². The number of benzene rings is 5. The Morgan fingerprint density at radius 1 is 0.700 bits per heavy atom. The van der Waals surface area contributed by atoms with Gasteiger partial charge in [-0.05, 0) is 96.1 Å². The molecule has 2 aromatic heterocycles. The molecule has 1 aliphatic carbocycles. The first-order chi connectivity index (χ1) is 24.1. The molecule has 0 amide bonds. The molecule has 2 nitrogen and oxygen atoms in total.